The maximum atomic E-state index is 13.5. The molecule has 2 aromatic carbocycles. The van der Waals surface area contributed by atoms with Gasteiger partial charge in [0.2, 0.25) is 0 Å². The average molecular weight is 368 g/mol. The summed E-state index contributed by atoms with van der Waals surface area (Å²) >= 11 is 0. The van der Waals surface area contributed by atoms with E-state index in [9.17, 15) is 28.0 Å². The molecule has 134 valence electrons. The molecule has 0 amide bonds. The number of nitro benzene ring substituents is 1. The fourth-order valence-electron chi connectivity index (χ4n) is 2.36. The van der Waals surface area contributed by atoms with Gasteiger partial charge in [0.05, 0.1) is 17.3 Å². The Morgan fingerprint density at radius 2 is 1.92 bits per heavy atom. The van der Waals surface area contributed by atoms with Crippen LogP contribution >= 0.6 is 0 Å². The van der Waals surface area contributed by atoms with Crippen molar-refractivity contribution in [2.24, 2.45) is 0 Å². The maximum absolute atomic E-state index is 13.5. The molecule has 0 aliphatic rings. The van der Waals surface area contributed by atoms with Crippen LogP contribution in [0.2, 0.25) is 0 Å². The third kappa shape index (κ3) is 5.23. The van der Waals surface area contributed by atoms with E-state index in [1.165, 1.54) is 36.4 Å². The van der Waals surface area contributed by atoms with E-state index in [0.717, 1.165) is 6.26 Å². The second-order valence-electron chi connectivity index (χ2n) is 5.60. The van der Waals surface area contributed by atoms with E-state index in [4.69, 9.17) is 0 Å². The zero-order valence-corrected chi connectivity index (χ0v) is 14.2. The summed E-state index contributed by atoms with van der Waals surface area (Å²) in [5.41, 5.74) is 1.24. The zero-order valence-electron chi connectivity index (χ0n) is 13.4. The Bertz CT molecular complexity index is 899. The summed E-state index contributed by atoms with van der Waals surface area (Å²) in [6, 6.07) is 7.85. The van der Waals surface area contributed by atoms with Crippen molar-refractivity contribution in [3.05, 3.63) is 69.0 Å². The van der Waals surface area contributed by atoms with Crippen LogP contribution in [0, 0.1) is 15.9 Å². The van der Waals surface area contributed by atoms with Gasteiger partial charge in [0.15, 0.2) is 9.84 Å². The van der Waals surface area contributed by atoms with Crippen molar-refractivity contribution in [3.8, 4) is 0 Å². The SMILES string of the molecule is CS(=O)(=O)Cc1ccc(F)cc1CNc1cc(CO)ccc1[N+](=O)[O-]. The first-order chi connectivity index (χ1) is 11.7. The van der Waals surface area contributed by atoms with Gasteiger partial charge in [0.1, 0.15) is 11.5 Å². The fraction of sp³-hybridized carbons (Fsp3) is 0.250. The van der Waals surface area contributed by atoms with E-state index in [-0.39, 0.29) is 30.3 Å². The Kier molecular flexibility index (Phi) is 5.70. The molecule has 2 aromatic rings. The molecule has 2 N–H and O–H groups in total. The molecule has 9 heteroatoms. The molecule has 25 heavy (non-hydrogen) atoms. The molecule has 0 heterocycles. The highest BCUT2D eigenvalue weighted by Gasteiger charge is 2.16. The summed E-state index contributed by atoms with van der Waals surface area (Å²) in [5.74, 6) is -0.795. The van der Waals surface area contributed by atoms with Crippen molar-refractivity contribution in [2.45, 2.75) is 18.9 Å². The number of rotatable bonds is 7. The highest BCUT2D eigenvalue weighted by Crippen LogP contribution is 2.27. The number of nitrogens with one attached hydrogen (secondary N) is 1. The minimum Gasteiger partial charge on any atom is -0.392 e. The van der Waals surface area contributed by atoms with E-state index in [1.807, 2.05) is 0 Å². The first kappa shape index (κ1) is 18.8. The van der Waals surface area contributed by atoms with Crippen molar-refractivity contribution in [2.75, 3.05) is 11.6 Å². The number of sulfone groups is 1. The lowest BCUT2D eigenvalue weighted by atomic mass is 10.1. The Morgan fingerprint density at radius 1 is 1.20 bits per heavy atom. The Morgan fingerprint density at radius 3 is 2.52 bits per heavy atom. The molecule has 0 saturated carbocycles. The van der Waals surface area contributed by atoms with Crippen LogP contribution in [0.1, 0.15) is 16.7 Å². The summed E-state index contributed by atoms with van der Waals surface area (Å²) in [6.45, 7) is -0.287. The van der Waals surface area contributed by atoms with Crippen LogP contribution in [-0.2, 0) is 28.7 Å². The number of benzene rings is 2. The molecule has 0 bridgehead atoms. The van der Waals surface area contributed by atoms with Crippen LogP contribution in [0.15, 0.2) is 36.4 Å². The Hall–Kier alpha value is -2.52. The molecule has 0 aromatic heterocycles. The second-order valence-corrected chi connectivity index (χ2v) is 7.74. The molecule has 0 spiro atoms. The molecule has 0 radical (unpaired) electrons. The van der Waals surface area contributed by atoms with E-state index in [0.29, 0.717) is 16.7 Å². The standard InChI is InChI=1S/C16H17FN2O5S/c1-25(23,24)10-12-3-4-14(17)7-13(12)8-18-15-6-11(9-20)2-5-16(15)19(21)22/h2-7,18,20H,8-10H2,1H3. The van der Waals surface area contributed by atoms with Gasteiger partial charge in [-0.2, -0.15) is 0 Å². The van der Waals surface area contributed by atoms with Gasteiger partial charge in [-0.3, -0.25) is 10.1 Å². The Balaban J connectivity index is 2.32. The third-order valence-corrected chi connectivity index (χ3v) is 4.33. The monoisotopic (exact) mass is 368 g/mol. The lowest BCUT2D eigenvalue weighted by Gasteiger charge is -2.12. The highest BCUT2D eigenvalue weighted by molar-refractivity contribution is 7.89. The predicted molar refractivity (Wildman–Crippen MR) is 91.3 cm³/mol. The summed E-state index contributed by atoms with van der Waals surface area (Å²) in [4.78, 5) is 10.5. The quantitative estimate of drug-likeness (QED) is 0.574. The molecule has 0 aliphatic heterocycles. The molecule has 7 nitrogen and oxygen atoms in total. The number of anilines is 1. The number of halogens is 1. The summed E-state index contributed by atoms with van der Waals surface area (Å²) < 4.78 is 36.5. The molecular weight excluding hydrogens is 351 g/mol. The first-order valence-electron chi connectivity index (χ1n) is 7.26. The molecular formula is C16H17FN2O5S. The molecule has 0 unspecified atom stereocenters. The Labute approximate surface area is 144 Å². The first-order valence-corrected chi connectivity index (χ1v) is 9.33. The zero-order chi connectivity index (χ0) is 18.6. The largest absolute Gasteiger partial charge is 0.392 e. The highest BCUT2D eigenvalue weighted by atomic mass is 32.2. The van der Waals surface area contributed by atoms with Gasteiger partial charge in [-0.15, -0.1) is 0 Å². The number of aliphatic hydroxyl groups is 1. The summed E-state index contributed by atoms with van der Waals surface area (Å²) in [7, 11) is -3.32. The van der Waals surface area contributed by atoms with Crippen LogP contribution in [0.4, 0.5) is 15.8 Å². The molecule has 0 atom stereocenters. The number of hydrogen-bond acceptors (Lipinski definition) is 6. The van der Waals surface area contributed by atoms with Crippen LogP contribution in [0.25, 0.3) is 0 Å². The molecule has 0 saturated heterocycles. The smallest absolute Gasteiger partial charge is 0.292 e. The van der Waals surface area contributed by atoms with E-state index >= 15 is 0 Å². The van der Waals surface area contributed by atoms with Crippen molar-refractivity contribution in [1.82, 2.24) is 0 Å². The lowest BCUT2D eigenvalue weighted by Crippen LogP contribution is -2.09. The van der Waals surface area contributed by atoms with E-state index in [1.54, 1.807) is 0 Å². The van der Waals surface area contributed by atoms with Gasteiger partial charge in [0.25, 0.3) is 5.69 Å². The predicted octanol–water partition coefficient (Wildman–Crippen LogP) is 2.38. The van der Waals surface area contributed by atoms with Gasteiger partial charge in [-0.05, 0) is 41.0 Å². The summed E-state index contributed by atoms with van der Waals surface area (Å²) in [5, 5.41) is 23.1. The van der Waals surface area contributed by atoms with Gasteiger partial charge < -0.3 is 10.4 Å². The third-order valence-electron chi connectivity index (χ3n) is 3.50. The molecule has 2 rings (SSSR count). The van der Waals surface area contributed by atoms with E-state index in [2.05, 4.69) is 5.32 Å². The van der Waals surface area contributed by atoms with Crippen molar-refractivity contribution >= 4 is 21.2 Å². The summed E-state index contributed by atoms with van der Waals surface area (Å²) in [6.07, 6.45) is 1.07. The number of aliphatic hydroxyl groups excluding tert-OH is 1. The van der Waals surface area contributed by atoms with Crippen molar-refractivity contribution in [1.29, 1.82) is 0 Å². The van der Waals surface area contributed by atoms with Gasteiger partial charge >= 0.3 is 0 Å². The van der Waals surface area contributed by atoms with Crippen molar-refractivity contribution < 1.29 is 22.8 Å². The second kappa shape index (κ2) is 7.58. The lowest BCUT2D eigenvalue weighted by molar-refractivity contribution is -0.384. The van der Waals surface area contributed by atoms with Crippen molar-refractivity contribution in [3.63, 3.8) is 0 Å². The van der Waals surface area contributed by atoms with Crippen LogP contribution in [0.3, 0.4) is 0 Å². The molecule has 0 aliphatic carbocycles. The van der Waals surface area contributed by atoms with Gasteiger partial charge in [-0.1, -0.05) is 6.07 Å². The minimum atomic E-state index is -3.32. The number of hydrogen-bond donors (Lipinski definition) is 2. The molecule has 0 fully saturated rings. The average Bonchev–Trinajstić information content (AvgIpc) is 2.53. The van der Waals surface area contributed by atoms with Crippen LogP contribution in [-0.4, -0.2) is 24.7 Å². The fourth-order valence-corrected chi connectivity index (χ4v) is 3.20. The number of nitro groups is 1. The van der Waals surface area contributed by atoms with E-state index < -0.39 is 20.6 Å². The van der Waals surface area contributed by atoms with Crippen LogP contribution < -0.4 is 5.32 Å². The van der Waals surface area contributed by atoms with Crippen LogP contribution in [0.5, 0.6) is 0 Å². The maximum Gasteiger partial charge on any atom is 0.292 e. The van der Waals surface area contributed by atoms with Gasteiger partial charge in [0, 0.05) is 18.9 Å². The number of nitrogens with zero attached hydrogens (tertiary/aromatic N) is 1. The topological polar surface area (TPSA) is 110 Å². The normalized spacial score (nSPS) is 11.3. The van der Waals surface area contributed by atoms with Gasteiger partial charge in [-0.25, -0.2) is 12.8 Å². The minimum absolute atomic E-state index is 0.00165.